The van der Waals surface area contributed by atoms with E-state index in [4.69, 9.17) is 39.0 Å². The zero-order chi connectivity index (χ0) is 34.6. The summed E-state index contributed by atoms with van der Waals surface area (Å²) in [6.45, 7) is -0.181. The normalized spacial score (nSPS) is 11.0. The molecular weight excluding hydrogens is 874 g/mol. The Morgan fingerprint density at radius 3 is 1.94 bits per heavy atom. The second-order valence-corrected chi connectivity index (χ2v) is 13.7. The van der Waals surface area contributed by atoms with Gasteiger partial charge in [0, 0.05) is 60.6 Å². The number of imidazole rings is 1. The topological polar surface area (TPSA) is 123 Å². The molecule has 0 aliphatic carbocycles. The molecule has 1 unspecified atom stereocenters. The van der Waals surface area contributed by atoms with Crippen LogP contribution in [0.25, 0.3) is 49.0 Å². The minimum absolute atomic E-state index is 0. The van der Waals surface area contributed by atoms with Gasteiger partial charge in [0.1, 0.15) is 17.8 Å². The average Bonchev–Trinajstić information content (AvgIpc) is 3.54. The van der Waals surface area contributed by atoms with Crippen molar-refractivity contribution >= 4 is 139 Å². The van der Waals surface area contributed by atoms with E-state index in [2.05, 4.69) is 122 Å². The Labute approximate surface area is 339 Å². The number of benzene rings is 4. The molecule has 7 rings (SSSR count). The van der Waals surface area contributed by atoms with Gasteiger partial charge in [-0.05, 0) is 61.2 Å². The summed E-state index contributed by atoms with van der Waals surface area (Å²) in [5.41, 5.74) is 10.2. The number of hydrogen-bond donors (Lipinski definition) is 1. The van der Waals surface area contributed by atoms with Gasteiger partial charge in [-0.3, -0.25) is 9.20 Å². The molecule has 2 N–H and O–H groups in total. The molecule has 0 spiro atoms. The van der Waals surface area contributed by atoms with Crippen LogP contribution in [0.1, 0.15) is 12.1 Å². The molecule has 1 atom stereocenters. The maximum absolute atomic E-state index is 9.79. The van der Waals surface area contributed by atoms with Crippen LogP contribution < -0.4 is 40.5 Å². The van der Waals surface area contributed by atoms with Crippen molar-refractivity contribution in [2.75, 3.05) is 17.5 Å². The second-order valence-electron chi connectivity index (χ2n) is 10.0. The monoisotopic (exact) mass is 898 g/mol. The minimum Gasteiger partial charge on any atom is -0.662 e. The van der Waals surface area contributed by atoms with E-state index >= 15 is 0 Å². The molecule has 0 aliphatic heterocycles. The first-order chi connectivity index (χ1) is 23.3. The van der Waals surface area contributed by atoms with Gasteiger partial charge in [-0.15, -0.1) is 23.2 Å². The quantitative estimate of drug-likeness (QED) is 0.0549. The van der Waals surface area contributed by atoms with Crippen LogP contribution in [0.4, 0.5) is 5.82 Å². The third-order valence-electron chi connectivity index (χ3n) is 7.14. The van der Waals surface area contributed by atoms with Gasteiger partial charge in [0.2, 0.25) is 0 Å². The first-order valence-electron chi connectivity index (χ1n) is 14.4. The number of carbonyl (C=O) groups excluding carboxylic acids is 2. The number of nitrogens with two attached hydrogens (primary N) is 1. The molecule has 7 aromatic rings. The van der Waals surface area contributed by atoms with Crippen molar-refractivity contribution in [3.63, 3.8) is 0 Å². The summed E-state index contributed by atoms with van der Waals surface area (Å²) in [5.74, 6) is 1.70. The number of pyridine rings is 2. The Hall–Kier alpha value is -2.32. The standard InChI is InChI=1S/C17H12BrClN2.C13H9BrN2.C4H6BrClO.CH2O3.Na/c18-15-7-3-6-13-12-4-1-2-5-14(12)17-20-10-11(8-9-19)21(17)16(13)15;14-11-7-3-6-9-8-4-1-2-5-10(8)13(15)16-12(9)11;5-4(3-7)1-2-6;2-1-4-3;/h1-7,10H,8-9H2;1-7H,(H2,15,16);3-4H,1-2H2;1,3H;/q;;;;+1/p-1. The molecule has 0 radical (unpaired) electrons. The maximum Gasteiger partial charge on any atom is 1.00 e. The fourth-order valence-corrected chi connectivity index (χ4v) is 7.03. The van der Waals surface area contributed by atoms with Gasteiger partial charge in [0.25, 0.3) is 6.47 Å². The number of para-hydroxylation sites is 2. The van der Waals surface area contributed by atoms with Gasteiger partial charge in [0.15, 0.2) is 0 Å². The van der Waals surface area contributed by atoms with E-state index in [1.54, 1.807) is 0 Å². The number of nitrogens with zero attached hydrogens (tertiary/aromatic N) is 3. The summed E-state index contributed by atoms with van der Waals surface area (Å²) in [4.78, 5) is 30.1. The van der Waals surface area contributed by atoms with Crippen LogP contribution in [0, 0.1) is 0 Å². The third-order valence-corrected chi connectivity index (χ3v) is 9.50. The predicted octanol–water partition coefficient (Wildman–Crippen LogP) is 5.93. The zero-order valence-electron chi connectivity index (χ0n) is 26.2. The van der Waals surface area contributed by atoms with Gasteiger partial charge in [-0.1, -0.05) is 88.7 Å². The molecule has 248 valence electrons. The summed E-state index contributed by atoms with van der Waals surface area (Å²) < 4.78 is 4.27. The zero-order valence-corrected chi connectivity index (χ0v) is 34.4. The number of alkyl halides is 3. The molecule has 3 aromatic heterocycles. The van der Waals surface area contributed by atoms with Crippen molar-refractivity contribution < 1.29 is 49.3 Å². The van der Waals surface area contributed by atoms with Crippen molar-refractivity contribution in [1.82, 2.24) is 14.4 Å². The Morgan fingerprint density at radius 1 is 0.816 bits per heavy atom. The fourth-order valence-electron chi connectivity index (χ4n) is 5.11. The van der Waals surface area contributed by atoms with E-state index in [-0.39, 0.29) is 40.9 Å². The molecule has 0 amide bonds. The van der Waals surface area contributed by atoms with Crippen molar-refractivity contribution in [1.29, 1.82) is 0 Å². The van der Waals surface area contributed by atoms with Crippen molar-refractivity contribution in [3.05, 3.63) is 106 Å². The number of halogens is 5. The van der Waals surface area contributed by atoms with Crippen molar-refractivity contribution in [2.45, 2.75) is 17.7 Å². The summed E-state index contributed by atoms with van der Waals surface area (Å²) >= 11 is 21.5. The van der Waals surface area contributed by atoms with Gasteiger partial charge in [-0.25, -0.2) is 9.97 Å². The number of anilines is 1. The molecule has 49 heavy (non-hydrogen) atoms. The molecular formula is C35H28Br3Cl2N4NaO4. The number of fused-ring (bicyclic) bond motifs is 9. The molecule has 0 bridgehead atoms. The molecule has 0 aliphatic rings. The number of aromatic nitrogens is 3. The number of hydrogen-bond acceptors (Lipinski definition) is 7. The van der Waals surface area contributed by atoms with Gasteiger partial charge >= 0.3 is 29.6 Å². The van der Waals surface area contributed by atoms with Crippen molar-refractivity contribution in [3.8, 4) is 0 Å². The minimum atomic E-state index is -0.181. The van der Waals surface area contributed by atoms with E-state index in [1.807, 2.05) is 36.5 Å². The van der Waals surface area contributed by atoms with Gasteiger partial charge in [0.05, 0.1) is 15.9 Å². The Bertz CT molecular complexity index is 2180. The van der Waals surface area contributed by atoms with Crippen LogP contribution in [-0.4, -0.2) is 43.7 Å². The number of carbonyl (C=O) groups is 2. The molecule has 8 nitrogen and oxygen atoms in total. The summed E-state index contributed by atoms with van der Waals surface area (Å²) in [6.07, 6.45) is 4.29. The predicted molar refractivity (Wildman–Crippen MR) is 205 cm³/mol. The number of aryl methyl sites for hydroxylation is 1. The van der Waals surface area contributed by atoms with E-state index in [9.17, 15) is 4.79 Å². The van der Waals surface area contributed by atoms with Crippen LogP contribution in [0.3, 0.4) is 0 Å². The van der Waals surface area contributed by atoms with Crippen LogP contribution in [0.2, 0.25) is 0 Å². The smallest absolute Gasteiger partial charge is 0.662 e. The molecule has 14 heteroatoms. The van der Waals surface area contributed by atoms with Crippen LogP contribution in [0.15, 0.2) is 100 Å². The molecule has 0 fully saturated rings. The maximum atomic E-state index is 9.79. The Kier molecular flexibility index (Phi) is 17.2. The van der Waals surface area contributed by atoms with E-state index in [0.29, 0.717) is 24.0 Å². The summed E-state index contributed by atoms with van der Waals surface area (Å²) in [6, 6.07) is 28.8. The van der Waals surface area contributed by atoms with Crippen molar-refractivity contribution in [2.24, 2.45) is 0 Å². The average molecular weight is 902 g/mol. The number of rotatable bonds is 6. The number of aldehydes is 1. The second kappa shape index (κ2) is 20.5. The summed E-state index contributed by atoms with van der Waals surface area (Å²) in [5, 5.41) is 15.3. The van der Waals surface area contributed by atoms with E-state index < -0.39 is 0 Å². The van der Waals surface area contributed by atoms with Gasteiger partial charge < -0.3 is 20.7 Å². The molecule has 3 heterocycles. The largest absolute Gasteiger partial charge is 1.00 e. The van der Waals surface area contributed by atoms with Crippen LogP contribution in [0.5, 0.6) is 0 Å². The van der Waals surface area contributed by atoms with Gasteiger partial charge in [-0.2, -0.15) is 0 Å². The third kappa shape index (κ3) is 9.93. The molecule has 0 saturated carbocycles. The Balaban J connectivity index is 0.000000206. The van der Waals surface area contributed by atoms with Crippen LogP contribution >= 0.6 is 71.0 Å². The van der Waals surface area contributed by atoms with Crippen LogP contribution in [-0.2, 0) is 20.9 Å². The first kappa shape index (κ1) is 41.1. The molecule has 4 aromatic carbocycles. The Morgan fingerprint density at radius 2 is 1.37 bits per heavy atom. The van der Waals surface area contributed by atoms with E-state index in [1.165, 1.54) is 16.2 Å². The fraction of sp³-hybridized carbons (Fsp3) is 0.143. The SMILES string of the molecule is ClCCc1cnc2c3ccccc3c3cccc(Br)c3n12.Nc1nc2c(Br)cccc2c2ccccc12.O=CC(Br)CCCl.O=CO[O-].[Na+]. The first-order valence-corrected chi connectivity index (χ1v) is 18.0. The summed E-state index contributed by atoms with van der Waals surface area (Å²) in [7, 11) is 0. The van der Waals surface area contributed by atoms with E-state index in [0.717, 1.165) is 60.2 Å². The number of nitrogen functional groups attached to an aromatic ring is 1. The molecule has 0 saturated heterocycles.